The Morgan fingerprint density at radius 3 is 2.44 bits per heavy atom. The second-order valence-corrected chi connectivity index (χ2v) is 3.32. The van der Waals surface area contributed by atoms with Gasteiger partial charge in [0, 0.05) is 0 Å². The molecule has 0 bridgehead atoms. The van der Waals surface area contributed by atoms with Gasteiger partial charge in [0.05, 0.1) is 11.7 Å². The largest absolute Gasteiger partial charge is 0.573 e. The second kappa shape index (κ2) is 6.46. The van der Waals surface area contributed by atoms with Crippen LogP contribution in [0.1, 0.15) is 6.92 Å². The van der Waals surface area contributed by atoms with Gasteiger partial charge in [0.1, 0.15) is 0 Å². The molecule has 3 N–H and O–H groups in total. The van der Waals surface area contributed by atoms with Gasteiger partial charge in [-0.3, -0.25) is 4.79 Å². The van der Waals surface area contributed by atoms with Gasteiger partial charge in [0.15, 0.2) is 5.75 Å². The zero-order valence-electron chi connectivity index (χ0n) is 9.32. The third-order valence-electron chi connectivity index (χ3n) is 1.78. The van der Waals surface area contributed by atoms with Crippen LogP contribution in [0.5, 0.6) is 5.75 Å². The first-order valence-electron chi connectivity index (χ1n) is 4.71. The third kappa shape index (κ3) is 5.24. The van der Waals surface area contributed by atoms with E-state index < -0.39 is 24.1 Å². The van der Waals surface area contributed by atoms with E-state index in [9.17, 15) is 18.0 Å². The van der Waals surface area contributed by atoms with Crippen LogP contribution in [0.25, 0.3) is 0 Å². The molecule has 0 saturated heterocycles. The Hall–Kier alpha value is -1.47. The Balaban J connectivity index is 0.00000289. The number of ether oxygens (including phenoxy) is 1. The van der Waals surface area contributed by atoms with Gasteiger partial charge in [-0.25, -0.2) is 0 Å². The van der Waals surface area contributed by atoms with Gasteiger partial charge in [-0.05, 0) is 19.1 Å². The molecule has 0 saturated carbocycles. The van der Waals surface area contributed by atoms with Gasteiger partial charge < -0.3 is 15.8 Å². The predicted molar refractivity (Wildman–Crippen MR) is 62.7 cm³/mol. The fraction of sp³-hybridized carbons (Fsp3) is 0.300. The Morgan fingerprint density at radius 2 is 1.94 bits per heavy atom. The van der Waals surface area contributed by atoms with Crippen molar-refractivity contribution in [2.24, 2.45) is 5.73 Å². The molecule has 1 aromatic rings. The van der Waals surface area contributed by atoms with E-state index >= 15 is 0 Å². The Kier molecular flexibility index (Phi) is 5.93. The number of nitrogens with one attached hydrogen (secondary N) is 1. The first kappa shape index (κ1) is 16.5. The maximum Gasteiger partial charge on any atom is 0.573 e. The van der Waals surface area contributed by atoms with Crippen molar-refractivity contribution in [2.75, 3.05) is 5.32 Å². The molecule has 0 aliphatic rings. The molecule has 0 radical (unpaired) electrons. The topological polar surface area (TPSA) is 64.4 Å². The van der Waals surface area contributed by atoms with Gasteiger partial charge in [-0.2, -0.15) is 0 Å². The van der Waals surface area contributed by atoms with Crippen molar-refractivity contribution in [3.05, 3.63) is 24.3 Å². The van der Waals surface area contributed by atoms with E-state index in [0.29, 0.717) is 0 Å². The quantitative estimate of drug-likeness (QED) is 0.895. The number of halogens is 4. The summed E-state index contributed by atoms with van der Waals surface area (Å²) in [6.45, 7) is 1.42. The fourth-order valence-corrected chi connectivity index (χ4v) is 1.03. The summed E-state index contributed by atoms with van der Waals surface area (Å²) in [6, 6.07) is 4.41. The lowest BCUT2D eigenvalue weighted by atomic mass is 10.2. The van der Waals surface area contributed by atoms with Crippen molar-refractivity contribution in [2.45, 2.75) is 19.3 Å². The number of alkyl halides is 3. The summed E-state index contributed by atoms with van der Waals surface area (Å²) in [5, 5.41) is 2.24. The summed E-state index contributed by atoms with van der Waals surface area (Å²) in [6.07, 6.45) is -4.81. The summed E-state index contributed by atoms with van der Waals surface area (Å²) in [5.41, 5.74) is 5.21. The molecule has 1 rings (SSSR count). The first-order valence-corrected chi connectivity index (χ1v) is 4.71. The van der Waals surface area contributed by atoms with Crippen LogP contribution in [0.4, 0.5) is 18.9 Å². The fourth-order valence-electron chi connectivity index (χ4n) is 1.03. The van der Waals surface area contributed by atoms with E-state index in [0.717, 1.165) is 6.07 Å². The average Bonchev–Trinajstić information content (AvgIpc) is 2.18. The highest BCUT2D eigenvalue weighted by Crippen LogP contribution is 2.29. The molecule has 0 spiro atoms. The Bertz CT molecular complexity index is 410. The molecule has 102 valence electrons. The van der Waals surface area contributed by atoms with Gasteiger partial charge in [-0.15, -0.1) is 25.6 Å². The molecule has 0 aliphatic heterocycles. The smallest absolute Gasteiger partial charge is 0.404 e. The van der Waals surface area contributed by atoms with E-state index in [4.69, 9.17) is 5.73 Å². The summed E-state index contributed by atoms with van der Waals surface area (Å²) >= 11 is 0. The number of benzene rings is 1. The van der Waals surface area contributed by atoms with Crippen molar-refractivity contribution in [3.63, 3.8) is 0 Å². The molecule has 1 atom stereocenters. The van der Waals surface area contributed by atoms with Crippen LogP contribution in [0, 0.1) is 0 Å². The van der Waals surface area contributed by atoms with Crippen LogP contribution >= 0.6 is 12.4 Å². The number of carbonyl (C=O) groups is 1. The molecule has 8 heteroatoms. The third-order valence-corrected chi connectivity index (χ3v) is 1.78. The summed E-state index contributed by atoms with van der Waals surface area (Å²) < 4.78 is 39.9. The number of nitrogens with two attached hydrogens (primary N) is 1. The standard InChI is InChI=1S/C10H11F3N2O2.ClH/c1-6(14)9(16)15-7-4-2-3-5-8(7)17-10(11,12)13;/h2-6H,14H2,1H3,(H,15,16);1H/t6-;/m1./s1. The number of amides is 1. The van der Waals surface area contributed by atoms with Crippen LogP contribution in [0.3, 0.4) is 0 Å². The maximum atomic E-state index is 12.1. The molecule has 1 aromatic carbocycles. The number of hydrogen-bond donors (Lipinski definition) is 2. The van der Waals surface area contributed by atoms with Crippen LogP contribution in [0.2, 0.25) is 0 Å². The zero-order valence-corrected chi connectivity index (χ0v) is 10.1. The van der Waals surface area contributed by atoms with Gasteiger partial charge in [0.2, 0.25) is 5.91 Å². The number of anilines is 1. The normalized spacial score (nSPS) is 12.3. The van der Waals surface area contributed by atoms with Crippen molar-refractivity contribution in [1.29, 1.82) is 0 Å². The first-order chi connectivity index (χ1) is 7.79. The van der Waals surface area contributed by atoms with E-state index in [-0.39, 0.29) is 18.1 Å². The van der Waals surface area contributed by atoms with E-state index in [1.807, 2.05) is 0 Å². The molecular formula is C10H12ClF3N2O2. The molecule has 0 aliphatic carbocycles. The molecule has 0 fully saturated rings. The minimum Gasteiger partial charge on any atom is -0.404 e. The lowest BCUT2D eigenvalue weighted by molar-refractivity contribution is -0.274. The van der Waals surface area contributed by atoms with Crippen LogP contribution in [-0.2, 0) is 4.79 Å². The zero-order chi connectivity index (χ0) is 13.1. The van der Waals surface area contributed by atoms with Crippen LogP contribution in [0.15, 0.2) is 24.3 Å². The molecule has 0 unspecified atom stereocenters. The number of para-hydroxylation sites is 2. The maximum absolute atomic E-state index is 12.1. The SMILES string of the molecule is C[C@@H](N)C(=O)Nc1ccccc1OC(F)(F)F.Cl. The highest BCUT2D eigenvalue weighted by atomic mass is 35.5. The molecule has 1 amide bonds. The Labute approximate surface area is 108 Å². The lowest BCUT2D eigenvalue weighted by Gasteiger charge is -2.14. The molecule has 4 nitrogen and oxygen atoms in total. The minimum atomic E-state index is -4.81. The molecule has 0 heterocycles. The van der Waals surface area contributed by atoms with Gasteiger partial charge in [0.25, 0.3) is 0 Å². The van der Waals surface area contributed by atoms with Gasteiger partial charge in [-0.1, -0.05) is 12.1 Å². The average molecular weight is 285 g/mol. The van der Waals surface area contributed by atoms with E-state index in [1.165, 1.54) is 25.1 Å². The van der Waals surface area contributed by atoms with Crippen molar-refractivity contribution in [1.82, 2.24) is 0 Å². The predicted octanol–water partition coefficient (Wildman–Crippen LogP) is 2.29. The number of hydrogen-bond acceptors (Lipinski definition) is 3. The second-order valence-electron chi connectivity index (χ2n) is 3.32. The highest BCUT2D eigenvalue weighted by Gasteiger charge is 2.32. The molecule has 0 aromatic heterocycles. The lowest BCUT2D eigenvalue weighted by Crippen LogP contribution is -2.32. The van der Waals surface area contributed by atoms with E-state index in [1.54, 1.807) is 0 Å². The summed E-state index contributed by atoms with van der Waals surface area (Å²) in [5.74, 6) is -1.07. The molecule has 18 heavy (non-hydrogen) atoms. The number of carbonyl (C=O) groups excluding carboxylic acids is 1. The van der Waals surface area contributed by atoms with Crippen LogP contribution in [-0.4, -0.2) is 18.3 Å². The van der Waals surface area contributed by atoms with Gasteiger partial charge >= 0.3 is 6.36 Å². The van der Waals surface area contributed by atoms with Crippen LogP contribution < -0.4 is 15.8 Å². The van der Waals surface area contributed by atoms with Crippen molar-refractivity contribution < 1.29 is 22.7 Å². The summed E-state index contributed by atoms with van der Waals surface area (Å²) in [4.78, 5) is 11.3. The minimum absolute atomic E-state index is 0. The summed E-state index contributed by atoms with van der Waals surface area (Å²) in [7, 11) is 0. The number of rotatable bonds is 3. The van der Waals surface area contributed by atoms with Crippen molar-refractivity contribution >= 4 is 24.0 Å². The Morgan fingerprint density at radius 1 is 1.39 bits per heavy atom. The van der Waals surface area contributed by atoms with E-state index in [2.05, 4.69) is 10.1 Å². The highest BCUT2D eigenvalue weighted by molar-refractivity contribution is 5.95. The monoisotopic (exact) mass is 284 g/mol. The van der Waals surface area contributed by atoms with Crippen molar-refractivity contribution in [3.8, 4) is 5.75 Å². The molecular weight excluding hydrogens is 273 g/mol.